The molecule has 0 radical (unpaired) electrons. The normalized spacial score (nSPS) is 15.9. The van der Waals surface area contributed by atoms with E-state index in [1.165, 1.54) is 0 Å². The number of nitrogens with one attached hydrogen (secondary N) is 2. The fourth-order valence-corrected chi connectivity index (χ4v) is 3.34. The fraction of sp³-hybridized carbons (Fsp3) is 0.545. The van der Waals surface area contributed by atoms with E-state index < -0.39 is 0 Å². The van der Waals surface area contributed by atoms with Gasteiger partial charge in [0.05, 0.1) is 6.26 Å². The summed E-state index contributed by atoms with van der Waals surface area (Å²) in [4.78, 5) is 11.8. The van der Waals surface area contributed by atoms with Crippen LogP contribution in [0.5, 0.6) is 0 Å². The second-order valence-corrected chi connectivity index (χ2v) is 7.88. The molecule has 152 valence electrons. The zero-order valence-electron chi connectivity index (χ0n) is 17.3. The first-order valence-electron chi connectivity index (χ1n) is 10.4. The van der Waals surface area contributed by atoms with Crippen LogP contribution in [0.15, 0.2) is 46.0 Å². The maximum absolute atomic E-state index is 5.41. The summed E-state index contributed by atoms with van der Waals surface area (Å²) in [6, 6.07) is 10.6. The lowest BCUT2D eigenvalue weighted by molar-refractivity contribution is 0.457. The molecule has 2 N–H and O–H groups in total. The van der Waals surface area contributed by atoms with Crippen molar-refractivity contribution < 1.29 is 4.42 Å². The molecule has 3 heterocycles. The van der Waals surface area contributed by atoms with Crippen LogP contribution in [0.1, 0.15) is 38.1 Å². The molecule has 1 aliphatic heterocycles. The topological polar surface area (TPSA) is 65.7 Å². The number of rotatable bonds is 7. The van der Waals surface area contributed by atoms with Crippen molar-refractivity contribution in [1.82, 2.24) is 15.6 Å². The second kappa shape index (κ2) is 10.2. The third-order valence-corrected chi connectivity index (χ3v) is 4.89. The van der Waals surface area contributed by atoms with Crippen molar-refractivity contribution in [3.05, 3.63) is 48.0 Å². The Hall–Kier alpha value is -2.50. The Morgan fingerprint density at radius 1 is 1.25 bits per heavy atom. The van der Waals surface area contributed by atoms with Crippen molar-refractivity contribution in [3.8, 4) is 0 Å². The number of guanidine groups is 1. The smallest absolute Gasteiger partial charge is 0.191 e. The van der Waals surface area contributed by atoms with Crippen molar-refractivity contribution in [2.24, 2.45) is 10.9 Å². The highest BCUT2D eigenvalue weighted by Gasteiger charge is 2.21. The molecule has 0 atom stereocenters. The fourth-order valence-electron chi connectivity index (χ4n) is 3.34. The maximum atomic E-state index is 5.41. The van der Waals surface area contributed by atoms with Crippen LogP contribution < -0.4 is 15.5 Å². The van der Waals surface area contributed by atoms with E-state index in [-0.39, 0.29) is 0 Å². The Kier molecular flexibility index (Phi) is 7.34. The van der Waals surface area contributed by atoms with E-state index in [9.17, 15) is 0 Å². The van der Waals surface area contributed by atoms with Crippen LogP contribution in [0, 0.1) is 12.8 Å². The van der Waals surface area contributed by atoms with Gasteiger partial charge in [-0.15, -0.1) is 0 Å². The highest BCUT2D eigenvalue weighted by atomic mass is 16.3. The summed E-state index contributed by atoms with van der Waals surface area (Å²) in [6.07, 6.45) is 4.73. The van der Waals surface area contributed by atoms with Crippen molar-refractivity contribution in [2.45, 2.75) is 46.1 Å². The van der Waals surface area contributed by atoms with Crippen LogP contribution in [-0.4, -0.2) is 43.2 Å². The maximum Gasteiger partial charge on any atom is 0.191 e. The van der Waals surface area contributed by atoms with Gasteiger partial charge in [0.25, 0.3) is 0 Å². The number of piperidine rings is 1. The molecule has 0 bridgehead atoms. The van der Waals surface area contributed by atoms with Crippen LogP contribution in [0.3, 0.4) is 0 Å². The molecule has 0 unspecified atom stereocenters. The summed E-state index contributed by atoms with van der Waals surface area (Å²) < 4.78 is 5.41. The average Bonchev–Trinajstić information content (AvgIpc) is 3.20. The van der Waals surface area contributed by atoms with Gasteiger partial charge in [0.1, 0.15) is 11.6 Å². The first kappa shape index (κ1) is 20.2. The molecule has 28 heavy (non-hydrogen) atoms. The molecule has 0 aromatic carbocycles. The minimum Gasteiger partial charge on any atom is -0.469 e. The number of anilines is 1. The quantitative estimate of drug-likeness (QED) is 0.567. The Labute approximate surface area is 168 Å². The Bertz CT molecular complexity index is 733. The van der Waals surface area contributed by atoms with Crippen LogP contribution in [0.4, 0.5) is 5.82 Å². The number of aliphatic imine (C=N–C) groups is 1. The van der Waals surface area contributed by atoms with Gasteiger partial charge in [0.2, 0.25) is 0 Å². The van der Waals surface area contributed by atoms with E-state index in [2.05, 4.69) is 46.5 Å². The van der Waals surface area contributed by atoms with Crippen LogP contribution in [0.2, 0.25) is 0 Å². The highest BCUT2D eigenvalue weighted by Crippen LogP contribution is 2.18. The van der Waals surface area contributed by atoms with Crippen molar-refractivity contribution >= 4 is 11.8 Å². The first-order valence-corrected chi connectivity index (χ1v) is 10.4. The zero-order chi connectivity index (χ0) is 19.8. The number of aromatic nitrogens is 1. The molecule has 1 aliphatic rings. The SMILES string of the molecule is Cc1cccc(N2CCC(NC(=NCC(C)C)NCCc3ccco3)CC2)n1. The zero-order valence-corrected chi connectivity index (χ0v) is 17.3. The minimum absolute atomic E-state index is 0.433. The Balaban J connectivity index is 1.50. The highest BCUT2D eigenvalue weighted by molar-refractivity contribution is 5.80. The predicted octanol–water partition coefficient (Wildman–Crippen LogP) is 3.39. The monoisotopic (exact) mass is 383 g/mol. The summed E-state index contributed by atoms with van der Waals surface area (Å²) in [7, 11) is 0. The number of nitrogens with zero attached hydrogens (tertiary/aromatic N) is 3. The van der Waals surface area contributed by atoms with Crippen LogP contribution in [0.25, 0.3) is 0 Å². The van der Waals surface area contributed by atoms with Crippen molar-refractivity contribution in [2.75, 3.05) is 31.1 Å². The summed E-state index contributed by atoms with van der Waals surface area (Å²) in [5, 5.41) is 7.10. The van der Waals surface area contributed by atoms with Gasteiger partial charge < -0.3 is 20.0 Å². The van der Waals surface area contributed by atoms with Crippen LogP contribution in [-0.2, 0) is 6.42 Å². The molecular weight excluding hydrogens is 350 g/mol. The van der Waals surface area contributed by atoms with E-state index in [1.54, 1.807) is 6.26 Å². The van der Waals surface area contributed by atoms with Crippen LogP contribution >= 0.6 is 0 Å². The first-order chi connectivity index (χ1) is 13.6. The molecule has 0 amide bonds. The molecule has 3 rings (SSSR count). The van der Waals surface area contributed by atoms with Gasteiger partial charge in [-0.1, -0.05) is 19.9 Å². The van der Waals surface area contributed by atoms with E-state index in [4.69, 9.17) is 9.41 Å². The molecule has 2 aromatic heterocycles. The van der Waals surface area contributed by atoms with E-state index >= 15 is 0 Å². The molecule has 1 fully saturated rings. The lowest BCUT2D eigenvalue weighted by Gasteiger charge is -2.34. The Morgan fingerprint density at radius 2 is 2.07 bits per heavy atom. The van der Waals surface area contributed by atoms with Gasteiger partial charge in [-0.3, -0.25) is 4.99 Å². The third kappa shape index (κ3) is 6.29. The lowest BCUT2D eigenvalue weighted by Crippen LogP contribution is -2.49. The summed E-state index contributed by atoms with van der Waals surface area (Å²) in [5.74, 6) is 3.53. The molecule has 6 heteroatoms. The summed E-state index contributed by atoms with van der Waals surface area (Å²) in [6.45, 7) is 10.1. The molecule has 2 aromatic rings. The summed E-state index contributed by atoms with van der Waals surface area (Å²) in [5.41, 5.74) is 1.07. The number of furan rings is 1. The van der Waals surface area contributed by atoms with Gasteiger partial charge in [-0.25, -0.2) is 4.98 Å². The Morgan fingerprint density at radius 3 is 2.75 bits per heavy atom. The largest absolute Gasteiger partial charge is 0.469 e. The molecule has 1 saturated heterocycles. The molecule has 6 nitrogen and oxygen atoms in total. The average molecular weight is 384 g/mol. The van der Waals surface area contributed by atoms with E-state index in [0.29, 0.717) is 12.0 Å². The summed E-state index contributed by atoms with van der Waals surface area (Å²) >= 11 is 0. The predicted molar refractivity (Wildman–Crippen MR) is 115 cm³/mol. The third-order valence-electron chi connectivity index (χ3n) is 4.89. The van der Waals surface area contributed by atoms with E-state index in [1.807, 2.05) is 25.1 Å². The molecule has 0 spiro atoms. The minimum atomic E-state index is 0.433. The lowest BCUT2D eigenvalue weighted by atomic mass is 10.1. The standard InChI is InChI=1S/C22H33N5O/c1-17(2)16-24-22(23-12-9-20-7-5-15-28-20)26-19-10-13-27(14-11-19)21-8-4-6-18(3)25-21/h4-8,15,17,19H,9-14,16H2,1-3H3,(H2,23,24,26). The number of hydrogen-bond acceptors (Lipinski definition) is 4. The number of aryl methyl sites for hydroxylation is 1. The van der Waals surface area contributed by atoms with E-state index in [0.717, 1.165) is 68.7 Å². The number of hydrogen-bond donors (Lipinski definition) is 2. The molecule has 0 saturated carbocycles. The van der Waals surface area contributed by atoms with Gasteiger partial charge in [-0.05, 0) is 49.9 Å². The van der Waals surface area contributed by atoms with Gasteiger partial charge in [0, 0.05) is 44.3 Å². The molecule has 0 aliphatic carbocycles. The number of pyridine rings is 1. The van der Waals surface area contributed by atoms with Gasteiger partial charge in [-0.2, -0.15) is 0 Å². The van der Waals surface area contributed by atoms with Gasteiger partial charge >= 0.3 is 0 Å². The molecular formula is C22H33N5O. The second-order valence-electron chi connectivity index (χ2n) is 7.88. The van der Waals surface area contributed by atoms with Crippen molar-refractivity contribution in [1.29, 1.82) is 0 Å². The van der Waals surface area contributed by atoms with Gasteiger partial charge in [0.15, 0.2) is 5.96 Å². The van der Waals surface area contributed by atoms with Crippen molar-refractivity contribution in [3.63, 3.8) is 0 Å².